The summed E-state index contributed by atoms with van der Waals surface area (Å²) in [4.78, 5) is 27.8. The first-order valence-electron chi connectivity index (χ1n) is 10.1. The normalized spacial score (nSPS) is 24.2. The predicted molar refractivity (Wildman–Crippen MR) is 104 cm³/mol. The van der Waals surface area contributed by atoms with Crippen molar-refractivity contribution in [3.05, 3.63) is 29.0 Å². The lowest BCUT2D eigenvalue weighted by atomic mass is 9.80. The number of esters is 1. The third kappa shape index (κ3) is 5.27. The minimum atomic E-state index is -0.770. The maximum atomic E-state index is 12.3. The molecule has 1 unspecified atom stereocenters. The van der Waals surface area contributed by atoms with Crippen molar-refractivity contribution in [2.24, 2.45) is 11.8 Å². The SMILES string of the molecule is CCCCCC1CCC(C(=O)OCC2OC=C(n3ccc(N)nc3=O)O2)CC1. The van der Waals surface area contributed by atoms with Crippen LogP contribution in [0.4, 0.5) is 5.82 Å². The topological polar surface area (TPSA) is 106 Å². The Labute approximate surface area is 164 Å². The highest BCUT2D eigenvalue weighted by Crippen LogP contribution is 2.32. The lowest BCUT2D eigenvalue weighted by Gasteiger charge is -2.27. The van der Waals surface area contributed by atoms with Crippen LogP contribution in [0.25, 0.3) is 5.88 Å². The van der Waals surface area contributed by atoms with E-state index in [4.69, 9.17) is 19.9 Å². The zero-order valence-corrected chi connectivity index (χ0v) is 16.3. The van der Waals surface area contributed by atoms with Gasteiger partial charge < -0.3 is 19.9 Å². The van der Waals surface area contributed by atoms with E-state index in [9.17, 15) is 9.59 Å². The predicted octanol–water partition coefficient (Wildman–Crippen LogP) is 2.88. The third-order valence-electron chi connectivity index (χ3n) is 5.39. The lowest BCUT2D eigenvalue weighted by Crippen LogP contribution is -2.28. The van der Waals surface area contributed by atoms with Crippen molar-refractivity contribution >= 4 is 17.7 Å². The number of ether oxygens (including phenoxy) is 3. The Kier molecular flexibility index (Phi) is 6.95. The number of aromatic nitrogens is 2. The summed E-state index contributed by atoms with van der Waals surface area (Å²) in [6.07, 6.45) is 11.0. The lowest BCUT2D eigenvalue weighted by molar-refractivity contribution is -0.159. The van der Waals surface area contributed by atoms with Crippen molar-refractivity contribution in [1.82, 2.24) is 9.55 Å². The molecule has 28 heavy (non-hydrogen) atoms. The molecule has 1 atom stereocenters. The molecule has 3 rings (SSSR count). The van der Waals surface area contributed by atoms with Gasteiger partial charge in [-0.3, -0.25) is 4.79 Å². The Balaban J connectivity index is 1.39. The number of unbranched alkanes of at least 4 members (excludes halogenated alkanes) is 2. The van der Waals surface area contributed by atoms with Crippen LogP contribution in [0, 0.1) is 11.8 Å². The van der Waals surface area contributed by atoms with Gasteiger partial charge in [0.1, 0.15) is 12.1 Å². The van der Waals surface area contributed by atoms with Crippen LogP contribution in [-0.2, 0) is 19.0 Å². The van der Waals surface area contributed by atoms with Gasteiger partial charge in [0.2, 0.25) is 5.88 Å². The molecule has 0 spiro atoms. The molecule has 1 fully saturated rings. The summed E-state index contributed by atoms with van der Waals surface area (Å²) in [5, 5.41) is 0. The van der Waals surface area contributed by atoms with Gasteiger partial charge in [0.25, 0.3) is 6.29 Å². The molecule has 0 bridgehead atoms. The molecule has 1 aromatic heterocycles. The fraction of sp³-hybridized carbons (Fsp3) is 0.650. The Bertz CT molecular complexity index is 752. The molecule has 8 nitrogen and oxygen atoms in total. The van der Waals surface area contributed by atoms with E-state index in [1.165, 1.54) is 48.8 Å². The van der Waals surface area contributed by atoms with Crippen LogP contribution in [0.15, 0.2) is 23.3 Å². The van der Waals surface area contributed by atoms with E-state index in [-0.39, 0.29) is 30.2 Å². The van der Waals surface area contributed by atoms with Gasteiger partial charge in [-0.25, -0.2) is 9.36 Å². The van der Waals surface area contributed by atoms with Gasteiger partial charge in [-0.05, 0) is 37.7 Å². The summed E-state index contributed by atoms with van der Waals surface area (Å²) >= 11 is 0. The zero-order chi connectivity index (χ0) is 19.9. The molecule has 0 saturated heterocycles. The first kappa shape index (κ1) is 20.2. The van der Waals surface area contributed by atoms with E-state index in [0.717, 1.165) is 31.6 Å². The number of nitrogens with zero attached hydrogens (tertiary/aromatic N) is 2. The highest BCUT2D eigenvalue weighted by molar-refractivity contribution is 5.72. The molecule has 0 radical (unpaired) electrons. The summed E-state index contributed by atoms with van der Waals surface area (Å²) in [6, 6.07) is 1.48. The molecule has 0 aromatic carbocycles. The number of rotatable bonds is 8. The molecule has 2 aliphatic rings. The largest absolute Gasteiger partial charge is 0.457 e. The molecule has 1 aliphatic carbocycles. The van der Waals surface area contributed by atoms with E-state index in [0.29, 0.717) is 0 Å². The van der Waals surface area contributed by atoms with Crippen LogP contribution < -0.4 is 11.4 Å². The van der Waals surface area contributed by atoms with Crippen molar-refractivity contribution in [2.45, 2.75) is 64.6 Å². The zero-order valence-electron chi connectivity index (χ0n) is 16.3. The second-order valence-corrected chi connectivity index (χ2v) is 7.49. The molecule has 2 N–H and O–H groups in total. The van der Waals surface area contributed by atoms with Crippen molar-refractivity contribution in [1.29, 1.82) is 0 Å². The minimum Gasteiger partial charge on any atom is -0.457 e. The van der Waals surface area contributed by atoms with Crippen LogP contribution in [0.2, 0.25) is 0 Å². The van der Waals surface area contributed by atoms with Crippen LogP contribution in [-0.4, -0.2) is 28.4 Å². The molecule has 154 valence electrons. The highest BCUT2D eigenvalue weighted by Gasteiger charge is 2.29. The van der Waals surface area contributed by atoms with Gasteiger partial charge >= 0.3 is 11.7 Å². The Morgan fingerprint density at radius 3 is 2.82 bits per heavy atom. The van der Waals surface area contributed by atoms with E-state index in [1.54, 1.807) is 0 Å². The Morgan fingerprint density at radius 1 is 1.32 bits per heavy atom. The average molecular weight is 391 g/mol. The standard InChI is InChI=1S/C20H29N3O5/c1-2-3-4-5-14-6-8-15(9-7-14)19(24)27-13-18-26-12-17(28-18)23-11-10-16(21)22-20(23)25/h10-12,14-15,18H,2-9,13H2,1H3,(H2,21,22,25). The highest BCUT2D eigenvalue weighted by atomic mass is 16.7. The first-order chi connectivity index (χ1) is 13.6. The summed E-state index contributed by atoms with van der Waals surface area (Å²) in [5.74, 6) is 0.826. The summed E-state index contributed by atoms with van der Waals surface area (Å²) < 4.78 is 17.4. The Hall–Kier alpha value is -2.51. The monoisotopic (exact) mass is 391 g/mol. The van der Waals surface area contributed by atoms with Gasteiger partial charge in [-0.2, -0.15) is 4.98 Å². The van der Waals surface area contributed by atoms with Gasteiger partial charge in [0.15, 0.2) is 6.61 Å². The fourth-order valence-electron chi connectivity index (χ4n) is 3.73. The number of nitrogen functional groups attached to an aromatic ring is 1. The number of hydrogen-bond donors (Lipinski definition) is 1. The van der Waals surface area contributed by atoms with Crippen LogP contribution in [0.5, 0.6) is 0 Å². The van der Waals surface area contributed by atoms with Gasteiger partial charge in [-0.15, -0.1) is 0 Å². The molecule has 1 aromatic rings. The van der Waals surface area contributed by atoms with E-state index >= 15 is 0 Å². The molecule has 2 heterocycles. The second kappa shape index (κ2) is 9.61. The molecule has 1 saturated carbocycles. The number of anilines is 1. The second-order valence-electron chi connectivity index (χ2n) is 7.49. The van der Waals surface area contributed by atoms with E-state index in [2.05, 4.69) is 11.9 Å². The van der Waals surface area contributed by atoms with Gasteiger partial charge in [-0.1, -0.05) is 32.6 Å². The third-order valence-corrected chi connectivity index (χ3v) is 5.39. The fourth-order valence-corrected chi connectivity index (χ4v) is 3.73. The van der Waals surface area contributed by atoms with Crippen LogP contribution >= 0.6 is 0 Å². The van der Waals surface area contributed by atoms with Crippen molar-refractivity contribution < 1.29 is 19.0 Å². The number of carbonyl (C=O) groups is 1. The van der Waals surface area contributed by atoms with Crippen molar-refractivity contribution in [2.75, 3.05) is 12.3 Å². The molecule has 1 aliphatic heterocycles. The van der Waals surface area contributed by atoms with E-state index < -0.39 is 12.0 Å². The summed E-state index contributed by atoms with van der Waals surface area (Å²) in [6.45, 7) is 2.19. The number of nitrogens with two attached hydrogens (primary N) is 1. The quantitative estimate of drug-likeness (QED) is 0.536. The first-order valence-corrected chi connectivity index (χ1v) is 10.1. The maximum absolute atomic E-state index is 12.3. The molecule has 8 heteroatoms. The minimum absolute atomic E-state index is 0.0214. The smallest absolute Gasteiger partial charge is 0.356 e. The van der Waals surface area contributed by atoms with Gasteiger partial charge in [0, 0.05) is 6.20 Å². The molecular weight excluding hydrogens is 362 g/mol. The van der Waals surface area contributed by atoms with Crippen LogP contribution in [0.1, 0.15) is 58.3 Å². The van der Waals surface area contributed by atoms with E-state index in [1.807, 2.05) is 0 Å². The Morgan fingerprint density at radius 2 is 2.11 bits per heavy atom. The van der Waals surface area contributed by atoms with Gasteiger partial charge in [0.05, 0.1) is 5.92 Å². The maximum Gasteiger partial charge on any atom is 0.356 e. The number of hydrogen-bond acceptors (Lipinski definition) is 7. The molecule has 0 amide bonds. The molecular formula is C20H29N3O5. The van der Waals surface area contributed by atoms with Crippen molar-refractivity contribution in [3.63, 3.8) is 0 Å². The number of carbonyl (C=O) groups excluding carboxylic acids is 1. The summed E-state index contributed by atoms with van der Waals surface area (Å²) in [7, 11) is 0. The van der Waals surface area contributed by atoms with Crippen molar-refractivity contribution in [3.8, 4) is 0 Å². The van der Waals surface area contributed by atoms with Crippen LogP contribution in [0.3, 0.4) is 0 Å². The summed E-state index contributed by atoms with van der Waals surface area (Å²) in [5.41, 5.74) is 4.90. The average Bonchev–Trinajstić information content (AvgIpc) is 3.15.